The van der Waals surface area contributed by atoms with Gasteiger partial charge in [-0.3, -0.25) is 0 Å². The Labute approximate surface area is 108 Å². The zero-order valence-electron chi connectivity index (χ0n) is 11.3. The number of aryl methyl sites for hydroxylation is 2. The van der Waals surface area contributed by atoms with Crippen LogP contribution < -0.4 is 0 Å². The van der Waals surface area contributed by atoms with Crippen molar-refractivity contribution in [2.45, 2.75) is 33.1 Å². The fraction of sp³-hybridized carbons (Fsp3) is 0.533. The van der Waals surface area contributed by atoms with Crippen molar-refractivity contribution in [1.29, 1.82) is 0 Å². The molecule has 0 amide bonds. The van der Waals surface area contributed by atoms with Crippen LogP contribution in [0.4, 0.5) is 0 Å². The highest BCUT2D eigenvalue weighted by molar-refractivity contribution is 5.77. The molecule has 0 radical (unpaired) electrons. The average Bonchev–Trinajstić information content (AvgIpc) is 2.96. The van der Waals surface area contributed by atoms with Crippen molar-refractivity contribution >= 4 is 11.0 Å². The lowest BCUT2D eigenvalue weighted by Gasteiger charge is -2.12. The van der Waals surface area contributed by atoms with E-state index in [2.05, 4.69) is 35.9 Å². The zero-order chi connectivity index (χ0) is 12.5. The second kappa shape index (κ2) is 4.73. The molecule has 0 atom stereocenters. The van der Waals surface area contributed by atoms with E-state index in [0.717, 1.165) is 24.3 Å². The quantitative estimate of drug-likeness (QED) is 0.899. The molecule has 1 aromatic heterocycles. The van der Waals surface area contributed by atoms with E-state index in [0.29, 0.717) is 0 Å². The topological polar surface area (TPSA) is 31.9 Å². The summed E-state index contributed by atoms with van der Waals surface area (Å²) in [5.41, 5.74) is 4.93. The standard InChI is InChI=1S/C15H21N3/c1-11-9-13-14(10-12(11)2)17-15(16-13)5-8-18-6-3-4-7-18/h9-10H,3-8H2,1-2H3,(H,16,17). The second-order valence-corrected chi connectivity index (χ2v) is 5.44. The number of aromatic amines is 1. The van der Waals surface area contributed by atoms with Crippen LogP contribution in [0.1, 0.15) is 29.8 Å². The lowest BCUT2D eigenvalue weighted by Crippen LogP contribution is -2.22. The van der Waals surface area contributed by atoms with Gasteiger partial charge in [0.05, 0.1) is 11.0 Å². The zero-order valence-corrected chi connectivity index (χ0v) is 11.3. The largest absolute Gasteiger partial charge is 0.342 e. The highest BCUT2D eigenvalue weighted by atomic mass is 15.1. The summed E-state index contributed by atoms with van der Waals surface area (Å²) in [4.78, 5) is 10.7. The van der Waals surface area contributed by atoms with Crippen LogP contribution in [-0.4, -0.2) is 34.5 Å². The van der Waals surface area contributed by atoms with Gasteiger partial charge in [0.2, 0.25) is 0 Å². The Morgan fingerprint density at radius 1 is 1.17 bits per heavy atom. The Morgan fingerprint density at radius 3 is 2.67 bits per heavy atom. The van der Waals surface area contributed by atoms with E-state index in [9.17, 15) is 0 Å². The van der Waals surface area contributed by atoms with E-state index < -0.39 is 0 Å². The van der Waals surface area contributed by atoms with Crippen LogP contribution >= 0.6 is 0 Å². The molecule has 2 heterocycles. The molecule has 0 aliphatic carbocycles. The van der Waals surface area contributed by atoms with Crippen LogP contribution in [0, 0.1) is 13.8 Å². The van der Waals surface area contributed by atoms with Crippen molar-refractivity contribution in [3.63, 3.8) is 0 Å². The third-order valence-electron chi connectivity index (χ3n) is 4.01. The molecule has 3 nitrogen and oxygen atoms in total. The monoisotopic (exact) mass is 243 g/mol. The average molecular weight is 243 g/mol. The molecule has 3 rings (SSSR count). The first-order chi connectivity index (χ1) is 8.72. The highest BCUT2D eigenvalue weighted by Crippen LogP contribution is 2.18. The molecule has 1 aromatic carbocycles. The van der Waals surface area contributed by atoms with Gasteiger partial charge in [-0.05, 0) is 63.0 Å². The number of benzene rings is 1. The molecule has 1 fully saturated rings. The molecular formula is C15H21N3. The fourth-order valence-corrected chi connectivity index (χ4v) is 2.71. The van der Waals surface area contributed by atoms with E-state index in [1.807, 2.05) is 0 Å². The van der Waals surface area contributed by atoms with Gasteiger partial charge < -0.3 is 9.88 Å². The summed E-state index contributed by atoms with van der Waals surface area (Å²) >= 11 is 0. The lowest BCUT2D eigenvalue weighted by atomic mass is 10.1. The number of imidazole rings is 1. The summed E-state index contributed by atoms with van der Waals surface area (Å²) in [6.07, 6.45) is 3.75. The summed E-state index contributed by atoms with van der Waals surface area (Å²) in [6.45, 7) is 7.96. The molecule has 0 bridgehead atoms. The number of nitrogens with zero attached hydrogens (tertiary/aromatic N) is 2. The molecule has 1 saturated heterocycles. The maximum atomic E-state index is 4.69. The number of likely N-dealkylation sites (tertiary alicyclic amines) is 1. The predicted octanol–water partition coefficient (Wildman–Crippen LogP) is 2.82. The van der Waals surface area contributed by atoms with Gasteiger partial charge in [-0.15, -0.1) is 0 Å². The smallest absolute Gasteiger partial charge is 0.108 e. The van der Waals surface area contributed by atoms with Crippen molar-refractivity contribution in [2.75, 3.05) is 19.6 Å². The molecule has 96 valence electrons. The fourth-order valence-electron chi connectivity index (χ4n) is 2.71. The van der Waals surface area contributed by atoms with Gasteiger partial charge in [0, 0.05) is 13.0 Å². The van der Waals surface area contributed by atoms with E-state index in [1.165, 1.54) is 42.6 Å². The number of fused-ring (bicyclic) bond motifs is 1. The number of rotatable bonds is 3. The summed E-state index contributed by atoms with van der Waals surface area (Å²) in [5.74, 6) is 1.13. The Hall–Kier alpha value is -1.35. The third kappa shape index (κ3) is 2.27. The van der Waals surface area contributed by atoms with Crippen molar-refractivity contribution in [1.82, 2.24) is 14.9 Å². The minimum atomic E-state index is 1.03. The molecule has 3 heteroatoms. The van der Waals surface area contributed by atoms with Crippen LogP contribution in [0.5, 0.6) is 0 Å². The van der Waals surface area contributed by atoms with Gasteiger partial charge in [-0.25, -0.2) is 4.98 Å². The number of aromatic nitrogens is 2. The minimum Gasteiger partial charge on any atom is -0.342 e. The molecule has 1 N–H and O–H groups in total. The van der Waals surface area contributed by atoms with Gasteiger partial charge in [0.1, 0.15) is 5.82 Å². The van der Waals surface area contributed by atoms with Gasteiger partial charge in [0.15, 0.2) is 0 Å². The van der Waals surface area contributed by atoms with Crippen LogP contribution in [0.15, 0.2) is 12.1 Å². The van der Waals surface area contributed by atoms with Crippen molar-refractivity contribution in [3.05, 3.63) is 29.1 Å². The first-order valence-electron chi connectivity index (χ1n) is 6.90. The van der Waals surface area contributed by atoms with Crippen LogP contribution in [-0.2, 0) is 6.42 Å². The Balaban J connectivity index is 1.76. The van der Waals surface area contributed by atoms with Crippen molar-refractivity contribution < 1.29 is 0 Å². The van der Waals surface area contributed by atoms with E-state index >= 15 is 0 Å². The summed E-state index contributed by atoms with van der Waals surface area (Å²) < 4.78 is 0. The van der Waals surface area contributed by atoms with E-state index in [-0.39, 0.29) is 0 Å². The summed E-state index contributed by atoms with van der Waals surface area (Å²) in [6, 6.07) is 4.39. The maximum Gasteiger partial charge on any atom is 0.108 e. The third-order valence-corrected chi connectivity index (χ3v) is 4.01. The molecule has 0 spiro atoms. The van der Waals surface area contributed by atoms with Gasteiger partial charge in [0.25, 0.3) is 0 Å². The van der Waals surface area contributed by atoms with E-state index in [1.54, 1.807) is 0 Å². The molecule has 2 aromatic rings. The molecule has 0 saturated carbocycles. The van der Waals surface area contributed by atoms with Crippen LogP contribution in [0.25, 0.3) is 11.0 Å². The Bertz CT molecular complexity index is 511. The number of hydrogen-bond acceptors (Lipinski definition) is 2. The molecule has 1 aliphatic heterocycles. The SMILES string of the molecule is Cc1cc2nc(CCN3CCCC3)[nH]c2cc1C. The first-order valence-corrected chi connectivity index (χ1v) is 6.90. The van der Waals surface area contributed by atoms with Crippen LogP contribution in [0.3, 0.4) is 0 Å². The highest BCUT2D eigenvalue weighted by Gasteiger charge is 2.12. The molecule has 18 heavy (non-hydrogen) atoms. The first kappa shape index (κ1) is 11.7. The summed E-state index contributed by atoms with van der Waals surface area (Å²) in [7, 11) is 0. The maximum absolute atomic E-state index is 4.69. The van der Waals surface area contributed by atoms with Gasteiger partial charge in [-0.1, -0.05) is 0 Å². The Kier molecular flexibility index (Phi) is 3.08. The molecule has 1 aliphatic rings. The molecule has 0 unspecified atom stereocenters. The molecular weight excluding hydrogens is 222 g/mol. The summed E-state index contributed by atoms with van der Waals surface area (Å²) in [5, 5.41) is 0. The van der Waals surface area contributed by atoms with Gasteiger partial charge >= 0.3 is 0 Å². The van der Waals surface area contributed by atoms with Crippen molar-refractivity contribution in [2.24, 2.45) is 0 Å². The van der Waals surface area contributed by atoms with Gasteiger partial charge in [-0.2, -0.15) is 0 Å². The van der Waals surface area contributed by atoms with E-state index in [4.69, 9.17) is 4.98 Å². The predicted molar refractivity (Wildman–Crippen MR) is 74.9 cm³/mol. The van der Waals surface area contributed by atoms with Crippen molar-refractivity contribution in [3.8, 4) is 0 Å². The number of H-pyrrole nitrogens is 1. The minimum absolute atomic E-state index is 1.03. The Morgan fingerprint density at radius 2 is 1.89 bits per heavy atom. The second-order valence-electron chi connectivity index (χ2n) is 5.44. The number of hydrogen-bond donors (Lipinski definition) is 1. The normalized spacial score (nSPS) is 16.8. The number of nitrogens with one attached hydrogen (secondary N) is 1. The van der Waals surface area contributed by atoms with Crippen LogP contribution in [0.2, 0.25) is 0 Å². The lowest BCUT2D eigenvalue weighted by molar-refractivity contribution is 0.341.